The number of carbonyl (C=O) groups is 1. The zero-order chi connectivity index (χ0) is 21.8. The Hall–Kier alpha value is -2.61. The Labute approximate surface area is 185 Å². The van der Waals surface area contributed by atoms with E-state index in [2.05, 4.69) is 5.10 Å². The molecule has 1 saturated heterocycles. The van der Waals surface area contributed by atoms with Gasteiger partial charge in [-0.1, -0.05) is 29.8 Å². The summed E-state index contributed by atoms with van der Waals surface area (Å²) in [6.45, 7) is 4.65. The molecule has 3 heterocycles. The Morgan fingerprint density at radius 3 is 2.68 bits per heavy atom. The second-order valence-electron chi connectivity index (χ2n) is 8.65. The molecule has 0 unspecified atom stereocenters. The molecule has 2 aliphatic rings. The van der Waals surface area contributed by atoms with E-state index >= 15 is 0 Å². The maximum Gasteiger partial charge on any atom is 0.418 e. The first kappa shape index (κ1) is 20.3. The molecule has 31 heavy (non-hydrogen) atoms. The van der Waals surface area contributed by atoms with E-state index in [0.717, 1.165) is 22.4 Å². The summed E-state index contributed by atoms with van der Waals surface area (Å²) in [6, 6.07) is 9.61. The van der Waals surface area contributed by atoms with Crippen molar-refractivity contribution in [3.05, 3.63) is 53.4 Å². The van der Waals surface area contributed by atoms with Crippen molar-refractivity contribution in [1.82, 2.24) is 14.3 Å². The normalized spacial score (nSPS) is 23.3. The van der Waals surface area contributed by atoms with Gasteiger partial charge in [-0.05, 0) is 38.8 Å². The van der Waals surface area contributed by atoms with Crippen molar-refractivity contribution in [3.63, 3.8) is 0 Å². The molecule has 162 valence electrons. The van der Waals surface area contributed by atoms with Gasteiger partial charge in [0.05, 0.1) is 36.7 Å². The molecule has 7 nitrogen and oxygen atoms in total. The number of aromatic nitrogens is 3. The van der Waals surface area contributed by atoms with Crippen molar-refractivity contribution in [2.45, 2.75) is 44.4 Å². The van der Waals surface area contributed by atoms with Crippen LogP contribution < -0.4 is 0 Å². The maximum absolute atomic E-state index is 13.0. The first-order valence-corrected chi connectivity index (χ1v) is 10.7. The molecule has 0 bridgehead atoms. The second-order valence-corrected chi connectivity index (χ2v) is 9.06. The van der Waals surface area contributed by atoms with Gasteiger partial charge in [0.25, 0.3) is 0 Å². The topological polar surface area (TPSA) is 78.5 Å². The van der Waals surface area contributed by atoms with E-state index in [1.807, 2.05) is 48.9 Å². The second kappa shape index (κ2) is 7.51. The van der Waals surface area contributed by atoms with Crippen LogP contribution in [0.5, 0.6) is 0 Å². The minimum absolute atomic E-state index is 0.147. The highest BCUT2D eigenvalue weighted by Gasteiger charge is 2.40. The van der Waals surface area contributed by atoms with Gasteiger partial charge in [0.15, 0.2) is 6.10 Å². The zero-order valence-electron chi connectivity index (χ0n) is 17.4. The van der Waals surface area contributed by atoms with E-state index in [0.29, 0.717) is 36.8 Å². The quantitative estimate of drug-likeness (QED) is 0.647. The SMILES string of the molecule is Cc1c(-c2cc(-c3ccccc3Cl)cn2C(=O)OC2COC2)cnn1C1CC(C)(O)C1. The lowest BCUT2D eigenvalue weighted by Gasteiger charge is -2.41. The smallest absolute Gasteiger partial charge is 0.418 e. The lowest BCUT2D eigenvalue weighted by Crippen LogP contribution is -2.42. The highest BCUT2D eigenvalue weighted by atomic mass is 35.5. The fraction of sp³-hybridized carbons (Fsp3) is 0.391. The number of aliphatic hydroxyl groups is 1. The van der Waals surface area contributed by atoms with Crippen molar-refractivity contribution in [2.24, 2.45) is 0 Å². The highest BCUT2D eigenvalue weighted by molar-refractivity contribution is 6.33. The standard InChI is InChI=1S/C23H24ClN3O4/c1-14-19(10-25-27(14)16-8-23(2,29)9-16)21-7-15(18-5-3-4-6-20(18)24)11-26(21)22(28)31-17-12-30-13-17/h3-7,10-11,16-17,29H,8-9,12-13H2,1-2H3. The fourth-order valence-corrected chi connectivity index (χ4v) is 4.56. The molecule has 2 fully saturated rings. The zero-order valence-corrected chi connectivity index (χ0v) is 18.2. The van der Waals surface area contributed by atoms with Crippen LogP contribution in [0.25, 0.3) is 22.4 Å². The molecule has 0 radical (unpaired) electrons. The van der Waals surface area contributed by atoms with Crippen molar-refractivity contribution in [2.75, 3.05) is 13.2 Å². The number of ether oxygens (including phenoxy) is 2. The van der Waals surface area contributed by atoms with Crippen molar-refractivity contribution in [1.29, 1.82) is 0 Å². The first-order valence-electron chi connectivity index (χ1n) is 10.4. The Kier molecular flexibility index (Phi) is 4.92. The van der Waals surface area contributed by atoms with E-state index in [9.17, 15) is 9.90 Å². The minimum atomic E-state index is -0.644. The third-order valence-electron chi connectivity index (χ3n) is 6.09. The minimum Gasteiger partial charge on any atom is -0.441 e. The van der Waals surface area contributed by atoms with Crippen LogP contribution in [0.1, 0.15) is 31.5 Å². The predicted molar refractivity (Wildman–Crippen MR) is 116 cm³/mol. The van der Waals surface area contributed by atoms with E-state index in [1.165, 1.54) is 4.57 Å². The van der Waals surface area contributed by atoms with E-state index in [4.69, 9.17) is 21.1 Å². The molecule has 8 heteroatoms. The van der Waals surface area contributed by atoms with Gasteiger partial charge < -0.3 is 14.6 Å². The molecule has 1 aromatic carbocycles. The van der Waals surface area contributed by atoms with Gasteiger partial charge in [-0.3, -0.25) is 9.25 Å². The van der Waals surface area contributed by atoms with Crippen molar-refractivity contribution < 1.29 is 19.4 Å². The molecule has 2 aromatic heterocycles. The van der Waals surface area contributed by atoms with Crippen LogP contribution in [0.4, 0.5) is 4.79 Å². The monoisotopic (exact) mass is 441 g/mol. The molecule has 1 N–H and O–H groups in total. The maximum atomic E-state index is 13.0. The molecule has 1 saturated carbocycles. The van der Waals surface area contributed by atoms with Gasteiger partial charge in [-0.25, -0.2) is 4.79 Å². The summed E-state index contributed by atoms with van der Waals surface area (Å²) in [5, 5.41) is 15.3. The van der Waals surface area contributed by atoms with Crippen LogP contribution in [0.2, 0.25) is 5.02 Å². The van der Waals surface area contributed by atoms with Gasteiger partial charge in [0.2, 0.25) is 0 Å². The molecule has 1 aliphatic heterocycles. The number of halogens is 1. The van der Waals surface area contributed by atoms with Crippen LogP contribution >= 0.6 is 11.6 Å². The molecular formula is C23H24ClN3O4. The Bertz CT molecular complexity index is 1140. The lowest BCUT2D eigenvalue weighted by atomic mass is 9.77. The summed E-state index contributed by atoms with van der Waals surface area (Å²) in [6.07, 6.45) is 4.15. The van der Waals surface area contributed by atoms with Gasteiger partial charge in [-0.15, -0.1) is 0 Å². The molecule has 1 aliphatic carbocycles. The van der Waals surface area contributed by atoms with Gasteiger partial charge in [0, 0.05) is 33.6 Å². The lowest BCUT2D eigenvalue weighted by molar-refractivity contribution is -0.0976. The van der Waals surface area contributed by atoms with Crippen LogP contribution in [0.3, 0.4) is 0 Å². The number of carbonyl (C=O) groups excluding carboxylic acids is 1. The van der Waals surface area contributed by atoms with Crippen LogP contribution in [0, 0.1) is 6.92 Å². The number of rotatable bonds is 4. The summed E-state index contributed by atoms with van der Waals surface area (Å²) < 4.78 is 14.1. The third-order valence-corrected chi connectivity index (χ3v) is 6.42. The van der Waals surface area contributed by atoms with Crippen molar-refractivity contribution >= 4 is 17.7 Å². The Morgan fingerprint density at radius 2 is 2.03 bits per heavy atom. The number of benzene rings is 1. The van der Waals surface area contributed by atoms with Crippen molar-refractivity contribution in [3.8, 4) is 22.4 Å². The first-order chi connectivity index (χ1) is 14.8. The molecule has 0 atom stereocenters. The predicted octanol–water partition coefficient (Wildman–Crippen LogP) is 4.45. The Balaban J connectivity index is 1.55. The summed E-state index contributed by atoms with van der Waals surface area (Å²) in [5.41, 5.74) is 3.48. The number of hydrogen-bond acceptors (Lipinski definition) is 5. The molecular weight excluding hydrogens is 418 g/mol. The van der Waals surface area contributed by atoms with Crippen LogP contribution in [-0.4, -0.2) is 50.5 Å². The Morgan fingerprint density at radius 1 is 1.29 bits per heavy atom. The average molecular weight is 442 g/mol. The molecule has 3 aromatic rings. The highest BCUT2D eigenvalue weighted by Crippen LogP contribution is 2.42. The summed E-state index contributed by atoms with van der Waals surface area (Å²) in [4.78, 5) is 13.0. The third kappa shape index (κ3) is 3.67. The summed E-state index contributed by atoms with van der Waals surface area (Å²) in [5.74, 6) is 0. The molecule has 5 rings (SSSR count). The average Bonchev–Trinajstić information content (AvgIpc) is 3.26. The number of nitrogens with zero attached hydrogens (tertiary/aromatic N) is 3. The molecule has 0 amide bonds. The van der Waals surface area contributed by atoms with Gasteiger partial charge in [-0.2, -0.15) is 5.10 Å². The largest absolute Gasteiger partial charge is 0.441 e. The molecule has 0 spiro atoms. The van der Waals surface area contributed by atoms with Crippen LogP contribution in [-0.2, 0) is 9.47 Å². The van der Waals surface area contributed by atoms with E-state index < -0.39 is 11.7 Å². The van der Waals surface area contributed by atoms with Gasteiger partial charge in [0.1, 0.15) is 0 Å². The fourth-order valence-electron chi connectivity index (χ4n) is 4.32. The summed E-state index contributed by atoms with van der Waals surface area (Å²) in [7, 11) is 0. The van der Waals surface area contributed by atoms with Gasteiger partial charge >= 0.3 is 6.09 Å². The summed E-state index contributed by atoms with van der Waals surface area (Å²) >= 11 is 6.41. The number of hydrogen-bond donors (Lipinski definition) is 1. The van der Waals surface area contributed by atoms with E-state index in [-0.39, 0.29) is 12.1 Å². The van der Waals surface area contributed by atoms with E-state index in [1.54, 1.807) is 12.4 Å². The van der Waals surface area contributed by atoms with Crippen LogP contribution in [0.15, 0.2) is 42.7 Å².